The monoisotopic (exact) mass is 298 g/mol. The van der Waals surface area contributed by atoms with Crippen LogP contribution in [0.1, 0.15) is 26.5 Å². The van der Waals surface area contributed by atoms with Crippen molar-refractivity contribution >= 4 is 12.1 Å². The molecule has 118 valence electrons. The summed E-state index contributed by atoms with van der Waals surface area (Å²) < 4.78 is 13.7. The van der Waals surface area contributed by atoms with Gasteiger partial charge in [-0.25, -0.2) is 18.7 Å². The summed E-state index contributed by atoms with van der Waals surface area (Å²) in [5.41, 5.74) is 0.270. The summed E-state index contributed by atoms with van der Waals surface area (Å²) >= 11 is 0. The van der Waals surface area contributed by atoms with Crippen LogP contribution in [0.2, 0.25) is 0 Å². The normalized spacial score (nSPS) is 12.7. The maximum absolute atomic E-state index is 11.8. The number of nitrogens with one attached hydrogen (secondary N) is 1. The average molecular weight is 298 g/mol. The van der Waals surface area contributed by atoms with Crippen molar-refractivity contribution < 1.29 is 23.6 Å². The molecule has 0 aliphatic carbocycles. The van der Waals surface area contributed by atoms with Gasteiger partial charge in [0.2, 0.25) is 6.33 Å². The third-order valence-corrected chi connectivity index (χ3v) is 2.75. The van der Waals surface area contributed by atoms with Crippen molar-refractivity contribution in [1.82, 2.24) is 9.88 Å². The lowest BCUT2D eigenvalue weighted by atomic mass is 10.1. The summed E-state index contributed by atoms with van der Waals surface area (Å²) in [6.45, 7) is 5.28. The second kappa shape index (κ2) is 6.60. The van der Waals surface area contributed by atoms with Crippen molar-refractivity contribution in [2.24, 2.45) is 14.1 Å². The third-order valence-electron chi connectivity index (χ3n) is 2.75. The summed E-state index contributed by atoms with van der Waals surface area (Å²) in [4.78, 5) is 23.6. The van der Waals surface area contributed by atoms with Gasteiger partial charge in [0.1, 0.15) is 23.5 Å². The zero-order valence-corrected chi connectivity index (χ0v) is 13.5. The zero-order chi connectivity index (χ0) is 16.2. The molecule has 0 bridgehead atoms. The van der Waals surface area contributed by atoms with Gasteiger partial charge in [0.25, 0.3) is 0 Å². The lowest BCUT2D eigenvalue weighted by Crippen LogP contribution is -2.45. The van der Waals surface area contributed by atoms with Crippen LogP contribution in [0, 0.1) is 0 Å². The summed E-state index contributed by atoms with van der Waals surface area (Å²) in [7, 11) is 5.05. The van der Waals surface area contributed by atoms with E-state index in [9.17, 15) is 9.59 Å². The van der Waals surface area contributed by atoms with Gasteiger partial charge in [-0.15, -0.1) is 0 Å². The Morgan fingerprint density at radius 3 is 2.48 bits per heavy atom. The van der Waals surface area contributed by atoms with E-state index in [1.807, 2.05) is 35.8 Å². The summed E-state index contributed by atoms with van der Waals surface area (Å²) in [5, 5.41) is 2.55. The molecule has 7 nitrogen and oxygen atoms in total. The quantitative estimate of drug-likeness (QED) is 0.647. The van der Waals surface area contributed by atoms with E-state index in [0.717, 1.165) is 5.69 Å². The molecule has 0 saturated carbocycles. The Bertz CT molecular complexity index is 517. The van der Waals surface area contributed by atoms with Crippen LogP contribution in [-0.2, 0) is 34.8 Å². The van der Waals surface area contributed by atoms with Gasteiger partial charge in [-0.3, -0.25) is 0 Å². The van der Waals surface area contributed by atoms with Crippen molar-refractivity contribution in [2.45, 2.75) is 38.8 Å². The predicted molar refractivity (Wildman–Crippen MR) is 75.5 cm³/mol. The van der Waals surface area contributed by atoms with Gasteiger partial charge in [0.15, 0.2) is 0 Å². The molecule has 1 amide bonds. The molecule has 0 aliphatic rings. The third kappa shape index (κ3) is 5.45. The number of carbonyl (C=O) groups is 2. The first-order chi connectivity index (χ1) is 9.62. The van der Waals surface area contributed by atoms with Gasteiger partial charge < -0.3 is 14.8 Å². The van der Waals surface area contributed by atoms with Crippen LogP contribution in [0.3, 0.4) is 0 Å². The largest absolute Gasteiger partial charge is 0.467 e. The van der Waals surface area contributed by atoms with Crippen LogP contribution in [-0.4, -0.2) is 35.4 Å². The molecule has 0 aliphatic heterocycles. The molecule has 0 spiro atoms. The number of hydrogen-bond acceptors (Lipinski definition) is 4. The maximum atomic E-state index is 11.8. The fourth-order valence-electron chi connectivity index (χ4n) is 1.90. The van der Waals surface area contributed by atoms with Crippen LogP contribution in [0.5, 0.6) is 0 Å². The van der Waals surface area contributed by atoms with Crippen molar-refractivity contribution in [3.63, 3.8) is 0 Å². The first-order valence-corrected chi connectivity index (χ1v) is 6.70. The lowest BCUT2D eigenvalue weighted by Gasteiger charge is -2.22. The Morgan fingerprint density at radius 1 is 1.43 bits per heavy atom. The molecule has 1 aromatic rings. The standard InChI is InChI=1S/C14H23N3O4/c1-14(2,3)21-13(19)15-11(12(18)20-6)7-10-8-16(4)9-17(10)5/h8-9,11H,7H2,1-6H3/p+1/t11-/m0/s1. The molecule has 0 saturated heterocycles. The molecule has 0 unspecified atom stereocenters. The Kier molecular flexibility index (Phi) is 5.34. The molecule has 0 radical (unpaired) electrons. The number of aromatic nitrogens is 2. The van der Waals surface area contributed by atoms with E-state index in [-0.39, 0.29) is 0 Å². The Hall–Kier alpha value is -2.05. The number of aryl methyl sites for hydroxylation is 2. The van der Waals surface area contributed by atoms with Crippen molar-refractivity contribution in [3.05, 3.63) is 18.2 Å². The second-order valence-electron chi connectivity index (χ2n) is 5.94. The fraction of sp³-hybridized carbons (Fsp3) is 0.643. The van der Waals surface area contributed by atoms with E-state index < -0.39 is 23.7 Å². The SMILES string of the molecule is COC(=O)[C@H](Cc1c[n+](C)cn1C)NC(=O)OC(C)(C)C. The smallest absolute Gasteiger partial charge is 0.408 e. The average Bonchev–Trinajstić information content (AvgIpc) is 2.63. The second-order valence-corrected chi connectivity index (χ2v) is 5.94. The number of amides is 1. The minimum absolute atomic E-state index is 0.323. The summed E-state index contributed by atoms with van der Waals surface area (Å²) in [6, 6.07) is -0.793. The minimum atomic E-state index is -0.793. The summed E-state index contributed by atoms with van der Waals surface area (Å²) in [6.07, 6.45) is 3.43. The molecule has 21 heavy (non-hydrogen) atoms. The van der Waals surface area contributed by atoms with Gasteiger partial charge in [-0.05, 0) is 20.8 Å². The van der Waals surface area contributed by atoms with E-state index in [2.05, 4.69) is 5.32 Å². The molecule has 0 fully saturated rings. The molecular weight excluding hydrogens is 274 g/mol. The first-order valence-electron chi connectivity index (χ1n) is 6.70. The number of ether oxygens (including phenoxy) is 2. The van der Waals surface area contributed by atoms with Gasteiger partial charge in [-0.1, -0.05) is 0 Å². The highest BCUT2D eigenvalue weighted by molar-refractivity contribution is 5.81. The van der Waals surface area contributed by atoms with Crippen molar-refractivity contribution in [1.29, 1.82) is 0 Å². The number of rotatable bonds is 4. The predicted octanol–water partition coefficient (Wildman–Crippen LogP) is 0.458. The Balaban J connectivity index is 2.79. The van der Waals surface area contributed by atoms with Gasteiger partial charge in [0, 0.05) is 6.42 Å². The molecule has 1 rings (SSSR count). The molecule has 1 heterocycles. The fourth-order valence-corrected chi connectivity index (χ4v) is 1.90. The number of alkyl carbamates (subject to hydrolysis) is 1. The highest BCUT2D eigenvalue weighted by Crippen LogP contribution is 2.08. The minimum Gasteiger partial charge on any atom is -0.467 e. The van der Waals surface area contributed by atoms with Crippen molar-refractivity contribution in [3.8, 4) is 0 Å². The molecule has 1 aromatic heterocycles. The summed E-state index contributed by atoms with van der Waals surface area (Å²) in [5.74, 6) is -0.510. The van der Waals surface area contributed by atoms with E-state index in [0.29, 0.717) is 6.42 Å². The molecule has 1 N–H and O–H groups in total. The Morgan fingerprint density at radius 2 is 2.05 bits per heavy atom. The highest BCUT2D eigenvalue weighted by atomic mass is 16.6. The van der Waals surface area contributed by atoms with E-state index in [4.69, 9.17) is 9.47 Å². The molecule has 0 aromatic carbocycles. The number of esters is 1. The number of methoxy groups -OCH3 is 1. The number of carbonyl (C=O) groups excluding carboxylic acids is 2. The maximum Gasteiger partial charge on any atom is 0.408 e. The van der Waals surface area contributed by atoms with Gasteiger partial charge in [-0.2, -0.15) is 0 Å². The van der Waals surface area contributed by atoms with Crippen LogP contribution in [0.15, 0.2) is 12.5 Å². The van der Waals surface area contributed by atoms with E-state index in [1.165, 1.54) is 7.11 Å². The Labute approximate surface area is 124 Å². The van der Waals surface area contributed by atoms with Crippen LogP contribution in [0.25, 0.3) is 0 Å². The molecular formula is C14H24N3O4+. The van der Waals surface area contributed by atoms with Crippen LogP contribution in [0.4, 0.5) is 4.79 Å². The van der Waals surface area contributed by atoms with Crippen LogP contribution < -0.4 is 9.88 Å². The first kappa shape index (κ1) is 17.0. The highest BCUT2D eigenvalue weighted by Gasteiger charge is 2.27. The van der Waals surface area contributed by atoms with E-state index in [1.54, 1.807) is 20.8 Å². The topological polar surface area (TPSA) is 73.4 Å². The van der Waals surface area contributed by atoms with Crippen LogP contribution >= 0.6 is 0 Å². The van der Waals surface area contributed by atoms with Gasteiger partial charge >= 0.3 is 12.1 Å². The zero-order valence-electron chi connectivity index (χ0n) is 13.5. The van der Waals surface area contributed by atoms with E-state index >= 15 is 0 Å². The number of nitrogens with zero attached hydrogens (tertiary/aromatic N) is 2. The number of imidazole rings is 1. The molecule has 1 atom stereocenters. The van der Waals surface area contributed by atoms with Gasteiger partial charge in [0.05, 0.1) is 21.2 Å². The number of hydrogen-bond donors (Lipinski definition) is 1. The lowest BCUT2D eigenvalue weighted by molar-refractivity contribution is -0.671. The van der Waals surface area contributed by atoms with Crippen molar-refractivity contribution in [2.75, 3.05) is 7.11 Å². The molecule has 7 heteroatoms.